The van der Waals surface area contributed by atoms with Gasteiger partial charge in [0.25, 0.3) is 5.91 Å². The second-order valence-electron chi connectivity index (χ2n) is 3.47. The van der Waals surface area contributed by atoms with Gasteiger partial charge in [-0.2, -0.15) is 0 Å². The Kier molecular flexibility index (Phi) is 4.23. The minimum absolute atomic E-state index is 0.0642. The van der Waals surface area contributed by atoms with E-state index in [1.54, 1.807) is 0 Å². The van der Waals surface area contributed by atoms with E-state index in [-0.39, 0.29) is 17.8 Å². The summed E-state index contributed by atoms with van der Waals surface area (Å²) in [7, 11) is 0. The molecule has 0 fully saturated rings. The fourth-order valence-electron chi connectivity index (χ4n) is 1.09. The van der Waals surface area contributed by atoms with E-state index in [4.69, 9.17) is 5.73 Å². The maximum atomic E-state index is 11.5. The van der Waals surface area contributed by atoms with E-state index in [9.17, 15) is 4.79 Å². The van der Waals surface area contributed by atoms with Crippen LogP contribution in [0.15, 0.2) is 0 Å². The molecular formula is C9H17N5O. The number of aromatic nitrogens is 3. The largest absolute Gasteiger partial charge is 0.346 e. The Bertz CT molecular complexity index is 322. The first-order valence-corrected chi connectivity index (χ1v) is 5.09. The molecule has 1 rings (SSSR count). The molecule has 1 unspecified atom stereocenters. The number of nitrogens with zero attached hydrogens (tertiary/aromatic N) is 2. The van der Waals surface area contributed by atoms with E-state index in [1.165, 1.54) is 0 Å². The van der Waals surface area contributed by atoms with E-state index in [1.807, 2.05) is 13.8 Å². The third-order valence-electron chi connectivity index (χ3n) is 1.95. The molecule has 1 aromatic rings. The minimum Gasteiger partial charge on any atom is -0.346 e. The summed E-state index contributed by atoms with van der Waals surface area (Å²) < 4.78 is 0. The third-order valence-corrected chi connectivity index (χ3v) is 1.95. The van der Waals surface area contributed by atoms with Gasteiger partial charge in [0.05, 0.1) is 0 Å². The molecule has 6 heteroatoms. The van der Waals surface area contributed by atoms with Gasteiger partial charge in [0.2, 0.25) is 5.82 Å². The molecule has 6 nitrogen and oxygen atoms in total. The molecule has 0 aliphatic rings. The molecule has 0 saturated carbocycles. The van der Waals surface area contributed by atoms with Crippen LogP contribution in [-0.2, 0) is 6.42 Å². The van der Waals surface area contributed by atoms with Gasteiger partial charge in [0, 0.05) is 19.0 Å². The lowest BCUT2D eigenvalue weighted by Gasteiger charge is -2.08. The molecular weight excluding hydrogens is 194 g/mol. The van der Waals surface area contributed by atoms with Gasteiger partial charge in [-0.15, -0.1) is 5.10 Å². The number of hydrogen-bond acceptors (Lipinski definition) is 4. The molecule has 1 aromatic heterocycles. The molecule has 1 amide bonds. The Morgan fingerprint density at radius 2 is 2.40 bits per heavy atom. The highest BCUT2D eigenvalue weighted by Gasteiger charge is 2.13. The highest BCUT2D eigenvalue weighted by atomic mass is 16.2. The van der Waals surface area contributed by atoms with Crippen molar-refractivity contribution in [3.05, 3.63) is 11.6 Å². The number of rotatable bonds is 5. The first-order chi connectivity index (χ1) is 7.17. The number of aromatic amines is 1. The standard InChI is InChI=1S/C9H17N5O/c1-3-4-7-12-8(14-13-7)9(15)11-6(2)5-10/h6H,3-5,10H2,1-2H3,(H,11,15)(H,12,13,14). The van der Waals surface area contributed by atoms with Crippen LogP contribution in [0.1, 0.15) is 36.7 Å². The van der Waals surface area contributed by atoms with Crippen LogP contribution in [0.25, 0.3) is 0 Å². The van der Waals surface area contributed by atoms with Crippen molar-refractivity contribution in [3.8, 4) is 0 Å². The molecule has 0 radical (unpaired) electrons. The van der Waals surface area contributed by atoms with Gasteiger partial charge in [-0.05, 0) is 13.3 Å². The fraction of sp³-hybridized carbons (Fsp3) is 0.667. The number of carbonyl (C=O) groups is 1. The number of nitrogens with one attached hydrogen (secondary N) is 2. The Morgan fingerprint density at radius 3 is 3.00 bits per heavy atom. The van der Waals surface area contributed by atoms with Gasteiger partial charge in [0.15, 0.2) is 0 Å². The summed E-state index contributed by atoms with van der Waals surface area (Å²) in [5, 5.41) is 9.25. The van der Waals surface area contributed by atoms with Crippen molar-refractivity contribution < 1.29 is 4.79 Å². The Hall–Kier alpha value is -1.43. The molecule has 15 heavy (non-hydrogen) atoms. The number of hydrogen-bond donors (Lipinski definition) is 3. The van der Waals surface area contributed by atoms with Crippen molar-refractivity contribution in [3.63, 3.8) is 0 Å². The monoisotopic (exact) mass is 211 g/mol. The molecule has 1 heterocycles. The van der Waals surface area contributed by atoms with Crippen molar-refractivity contribution >= 4 is 5.91 Å². The summed E-state index contributed by atoms with van der Waals surface area (Å²) in [5.41, 5.74) is 5.39. The van der Waals surface area contributed by atoms with Gasteiger partial charge in [0.1, 0.15) is 5.82 Å². The first kappa shape index (κ1) is 11.6. The SMILES string of the molecule is CCCc1nc(C(=O)NC(C)CN)n[nH]1. The zero-order valence-electron chi connectivity index (χ0n) is 9.08. The molecule has 0 saturated heterocycles. The highest BCUT2D eigenvalue weighted by Crippen LogP contribution is 1.96. The maximum Gasteiger partial charge on any atom is 0.291 e. The van der Waals surface area contributed by atoms with Crippen LogP contribution in [0.5, 0.6) is 0 Å². The van der Waals surface area contributed by atoms with Crippen LogP contribution in [-0.4, -0.2) is 33.7 Å². The van der Waals surface area contributed by atoms with Crippen molar-refractivity contribution in [2.75, 3.05) is 6.54 Å². The fourth-order valence-corrected chi connectivity index (χ4v) is 1.09. The lowest BCUT2D eigenvalue weighted by Crippen LogP contribution is -2.38. The summed E-state index contributed by atoms with van der Waals surface area (Å²) in [6.07, 6.45) is 1.77. The van der Waals surface area contributed by atoms with E-state index >= 15 is 0 Å². The number of H-pyrrole nitrogens is 1. The third kappa shape index (κ3) is 3.32. The van der Waals surface area contributed by atoms with Gasteiger partial charge in [-0.25, -0.2) is 4.98 Å². The number of aryl methyl sites for hydroxylation is 1. The minimum atomic E-state index is -0.286. The van der Waals surface area contributed by atoms with E-state index < -0.39 is 0 Å². The summed E-state index contributed by atoms with van der Waals surface area (Å²) in [6.45, 7) is 4.27. The maximum absolute atomic E-state index is 11.5. The molecule has 4 N–H and O–H groups in total. The topological polar surface area (TPSA) is 96.7 Å². The van der Waals surface area contributed by atoms with Gasteiger partial charge in [-0.3, -0.25) is 9.89 Å². The summed E-state index contributed by atoms with van der Waals surface area (Å²) in [5.74, 6) is 0.633. The van der Waals surface area contributed by atoms with Gasteiger partial charge < -0.3 is 11.1 Å². The second kappa shape index (κ2) is 5.45. The zero-order chi connectivity index (χ0) is 11.3. The Balaban J connectivity index is 2.58. The van der Waals surface area contributed by atoms with E-state index in [2.05, 4.69) is 20.5 Å². The average molecular weight is 211 g/mol. The van der Waals surface area contributed by atoms with Crippen LogP contribution in [0.4, 0.5) is 0 Å². The van der Waals surface area contributed by atoms with Crippen molar-refractivity contribution in [2.24, 2.45) is 5.73 Å². The number of amides is 1. The van der Waals surface area contributed by atoms with E-state index in [0.717, 1.165) is 18.7 Å². The van der Waals surface area contributed by atoms with Crippen molar-refractivity contribution in [2.45, 2.75) is 32.7 Å². The predicted octanol–water partition coefficient (Wildman–Crippen LogP) is -0.166. The lowest BCUT2D eigenvalue weighted by atomic mass is 10.3. The molecule has 0 aliphatic heterocycles. The summed E-state index contributed by atoms with van der Waals surface area (Å²) in [4.78, 5) is 15.6. The quantitative estimate of drug-likeness (QED) is 0.630. The first-order valence-electron chi connectivity index (χ1n) is 5.09. The summed E-state index contributed by atoms with van der Waals surface area (Å²) in [6, 6.07) is -0.0642. The molecule has 0 spiro atoms. The molecule has 84 valence electrons. The predicted molar refractivity (Wildman–Crippen MR) is 56.4 cm³/mol. The molecule has 1 atom stereocenters. The van der Waals surface area contributed by atoms with Gasteiger partial charge in [-0.1, -0.05) is 6.92 Å². The zero-order valence-corrected chi connectivity index (χ0v) is 9.08. The molecule has 0 aliphatic carbocycles. The Morgan fingerprint density at radius 1 is 1.67 bits per heavy atom. The number of carbonyl (C=O) groups excluding carboxylic acids is 1. The Labute approximate surface area is 88.7 Å². The normalized spacial score (nSPS) is 12.5. The second-order valence-corrected chi connectivity index (χ2v) is 3.47. The summed E-state index contributed by atoms with van der Waals surface area (Å²) >= 11 is 0. The van der Waals surface area contributed by atoms with Crippen LogP contribution in [0, 0.1) is 0 Å². The van der Waals surface area contributed by atoms with Crippen LogP contribution in [0.2, 0.25) is 0 Å². The van der Waals surface area contributed by atoms with E-state index in [0.29, 0.717) is 6.54 Å². The van der Waals surface area contributed by atoms with Gasteiger partial charge >= 0.3 is 0 Å². The average Bonchev–Trinajstić information content (AvgIpc) is 2.67. The molecule has 0 bridgehead atoms. The number of nitrogens with two attached hydrogens (primary N) is 1. The van der Waals surface area contributed by atoms with Crippen LogP contribution < -0.4 is 11.1 Å². The van der Waals surface area contributed by atoms with Crippen LogP contribution >= 0.6 is 0 Å². The smallest absolute Gasteiger partial charge is 0.291 e. The molecule has 0 aromatic carbocycles. The van der Waals surface area contributed by atoms with Crippen molar-refractivity contribution in [1.82, 2.24) is 20.5 Å². The lowest BCUT2D eigenvalue weighted by molar-refractivity contribution is 0.0931. The highest BCUT2D eigenvalue weighted by molar-refractivity contribution is 5.90. The van der Waals surface area contributed by atoms with Crippen molar-refractivity contribution in [1.29, 1.82) is 0 Å². The van der Waals surface area contributed by atoms with Crippen LogP contribution in [0.3, 0.4) is 0 Å².